The van der Waals surface area contributed by atoms with E-state index in [9.17, 15) is 13.2 Å². The topological polar surface area (TPSA) is 124 Å². The van der Waals surface area contributed by atoms with Crippen molar-refractivity contribution in [1.82, 2.24) is 18.0 Å². The van der Waals surface area contributed by atoms with Crippen molar-refractivity contribution < 1.29 is 22.6 Å². The quantitative estimate of drug-likeness (QED) is 0.325. The largest absolute Gasteiger partial charge is 0.497 e. The standard InChI is InChI=1S/C26H22N4O6S2/c1-34-19-7-5-16(6-8-19)14-30(38(32,33)24-4-2-3-20-25(24)29-37-28-20)15-18-11-17-12-22-23(36-10-9-35-22)13-21(17)27-26(18)31/h2-8,11-13H,9-10,14-15H2,1H3,(H,27,31). The Bertz CT molecular complexity index is 1820. The number of ether oxygens (including phenoxy) is 3. The number of H-pyrrole nitrogens is 1. The van der Waals surface area contributed by atoms with E-state index in [0.717, 1.165) is 17.3 Å². The molecule has 3 aromatic carbocycles. The van der Waals surface area contributed by atoms with Gasteiger partial charge in [0, 0.05) is 30.1 Å². The van der Waals surface area contributed by atoms with Crippen molar-refractivity contribution in [2.75, 3.05) is 20.3 Å². The molecule has 3 heterocycles. The molecule has 38 heavy (non-hydrogen) atoms. The van der Waals surface area contributed by atoms with E-state index < -0.39 is 15.6 Å². The van der Waals surface area contributed by atoms with E-state index in [2.05, 4.69) is 13.7 Å². The summed E-state index contributed by atoms with van der Waals surface area (Å²) in [6.45, 7) is 0.723. The van der Waals surface area contributed by atoms with E-state index in [1.165, 1.54) is 10.4 Å². The molecule has 1 N–H and O–H groups in total. The Morgan fingerprint density at radius 2 is 1.76 bits per heavy atom. The van der Waals surface area contributed by atoms with Gasteiger partial charge in [-0.05, 0) is 42.0 Å². The summed E-state index contributed by atoms with van der Waals surface area (Å²) >= 11 is 0.948. The fraction of sp³-hybridized carbons (Fsp3) is 0.192. The number of fused-ring (bicyclic) bond motifs is 3. The van der Waals surface area contributed by atoms with Gasteiger partial charge in [0.15, 0.2) is 11.5 Å². The minimum Gasteiger partial charge on any atom is -0.497 e. The Labute approximate surface area is 221 Å². The number of methoxy groups -OCH3 is 1. The van der Waals surface area contributed by atoms with Crippen LogP contribution in [0.3, 0.4) is 0 Å². The molecule has 0 fully saturated rings. The van der Waals surface area contributed by atoms with Gasteiger partial charge < -0.3 is 19.2 Å². The molecular weight excluding hydrogens is 528 g/mol. The van der Waals surface area contributed by atoms with Crippen LogP contribution in [-0.2, 0) is 23.1 Å². The van der Waals surface area contributed by atoms with Crippen LogP contribution in [0.2, 0.25) is 0 Å². The molecule has 0 amide bonds. The SMILES string of the molecule is COc1ccc(CN(Cc2cc3cc4c(cc3[nH]c2=O)OCCO4)S(=O)(=O)c2cccc3nsnc23)cc1. The van der Waals surface area contributed by atoms with Crippen LogP contribution in [0, 0.1) is 0 Å². The van der Waals surface area contributed by atoms with Crippen LogP contribution in [0.5, 0.6) is 17.2 Å². The molecule has 1 aliphatic rings. The fourth-order valence-corrected chi connectivity index (χ4v) is 6.54. The number of benzene rings is 3. The van der Waals surface area contributed by atoms with Crippen LogP contribution in [0.1, 0.15) is 11.1 Å². The smallest absolute Gasteiger partial charge is 0.252 e. The highest BCUT2D eigenvalue weighted by Crippen LogP contribution is 2.34. The Morgan fingerprint density at radius 1 is 1.00 bits per heavy atom. The molecule has 0 aliphatic carbocycles. The number of hydrogen-bond acceptors (Lipinski definition) is 9. The van der Waals surface area contributed by atoms with Crippen molar-refractivity contribution in [2.45, 2.75) is 18.0 Å². The second-order valence-electron chi connectivity index (χ2n) is 8.72. The first-order valence-electron chi connectivity index (χ1n) is 11.7. The van der Waals surface area contributed by atoms with Crippen LogP contribution in [0.4, 0.5) is 0 Å². The monoisotopic (exact) mass is 550 g/mol. The molecule has 0 radical (unpaired) electrons. The maximum Gasteiger partial charge on any atom is 0.252 e. The highest BCUT2D eigenvalue weighted by molar-refractivity contribution is 7.89. The first-order valence-corrected chi connectivity index (χ1v) is 13.9. The molecule has 0 spiro atoms. The summed E-state index contributed by atoms with van der Waals surface area (Å²) in [6, 6.07) is 17.2. The minimum atomic E-state index is -4.09. The normalized spacial score (nSPS) is 13.3. The van der Waals surface area contributed by atoms with Gasteiger partial charge in [0.1, 0.15) is 34.9 Å². The highest BCUT2D eigenvalue weighted by atomic mass is 32.2. The zero-order valence-corrected chi connectivity index (χ0v) is 21.8. The van der Waals surface area contributed by atoms with Crippen LogP contribution in [0.15, 0.2) is 70.4 Å². The second kappa shape index (κ2) is 9.71. The van der Waals surface area contributed by atoms with Crippen molar-refractivity contribution in [3.05, 3.63) is 82.1 Å². The average molecular weight is 551 g/mol. The number of hydrogen-bond donors (Lipinski definition) is 1. The van der Waals surface area contributed by atoms with Gasteiger partial charge >= 0.3 is 0 Å². The molecular formula is C26H22N4O6S2. The molecule has 2 aromatic heterocycles. The molecule has 6 rings (SSSR count). The van der Waals surface area contributed by atoms with Crippen LogP contribution in [0.25, 0.3) is 21.9 Å². The van der Waals surface area contributed by atoms with Crippen molar-refractivity contribution >= 4 is 43.7 Å². The lowest BCUT2D eigenvalue weighted by Gasteiger charge is -2.23. The number of pyridine rings is 1. The van der Waals surface area contributed by atoms with E-state index in [1.54, 1.807) is 61.7 Å². The number of nitrogens with one attached hydrogen (secondary N) is 1. The third kappa shape index (κ3) is 4.46. The van der Waals surface area contributed by atoms with Crippen LogP contribution in [-0.4, -0.2) is 46.8 Å². The van der Waals surface area contributed by atoms with Crippen molar-refractivity contribution in [1.29, 1.82) is 0 Å². The molecule has 0 atom stereocenters. The minimum absolute atomic E-state index is 0.0267. The van der Waals surface area contributed by atoms with Gasteiger partial charge in [-0.25, -0.2) is 8.42 Å². The highest BCUT2D eigenvalue weighted by Gasteiger charge is 2.29. The zero-order valence-electron chi connectivity index (χ0n) is 20.2. The molecule has 0 bridgehead atoms. The summed E-state index contributed by atoms with van der Waals surface area (Å²) in [7, 11) is -2.52. The molecule has 0 saturated carbocycles. The number of rotatable bonds is 7. The Hall–Kier alpha value is -4.00. The number of aromatic nitrogens is 3. The fourth-order valence-electron chi connectivity index (χ4n) is 4.38. The van der Waals surface area contributed by atoms with E-state index >= 15 is 0 Å². The third-order valence-corrected chi connectivity index (χ3v) is 8.68. The van der Waals surface area contributed by atoms with E-state index in [1.807, 2.05) is 0 Å². The average Bonchev–Trinajstić information content (AvgIpc) is 3.41. The summed E-state index contributed by atoms with van der Waals surface area (Å²) in [5.41, 5.74) is 2.00. The van der Waals surface area contributed by atoms with Gasteiger partial charge in [-0.1, -0.05) is 18.2 Å². The van der Waals surface area contributed by atoms with Crippen LogP contribution < -0.4 is 19.8 Å². The van der Waals surface area contributed by atoms with Gasteiger partial charge in [-0.15, -0.1) is 0 Å². The number of nitrogens with zero attached hydrogens (tertiary/aromatic N) is 3. The summed E-state index contributed by atoms with van der Waals surface area (Å²) in [4.78, 5) is 16.0. The maximum absolute atomic E-state index is 14.0. The van der Waals surface area contributed by atoms with Gasteiger partial charge in [0.05, 0.1) is 24.4 Å². The molecule has 12 heteroatoms. The van der Waals surface area contributed by atoms with Crippen molar-refractivity contribution in [3.63, 3.8) is 0 Å². The molecule has 1 aliphatic heterocycles. The maximum atomic E-state index is 14.0. The van der Waals surface area contributed by atoms with E-state index in [0.29, 0.717) is 52.4 Å². The molecule has 5 aromatic rings. The Morgan fingerprint density at radius 3 is 2.53 bits per heavy atom. The number of aromatic amines is 1. The van der Waals surface area contributed by atoms with Crippen molar-refractivity contribution in [2.24, 2.45) is 0 Å². The zero-order chi connectivity index (χ0) is 26.3. The lowest BCUT2D eigenvalue weighted by Crippen LogP contribution is -2.32. The third-order valence-electron chi connectivity index (χ3n) is 6.32. The summed E-state index contributed by atoms with van der Waals surface area (Å²) < 4.78 is 54.3. The Kier molecular flexibility index (Phi) is 6.22. The molecule has 194 valence electrons. The summed E-state index contributed by atoms with van der Waals surface area (Å²) in [5.74, 6) is 1.79. The summed E-state index contributed by atoms with van der Waals surface area (Å²) in [6.07, 6.45) is 0. The first kappa shape index (κ1) is 24.3. The Balaban J connectivity index is 1.43. The van der Waals surface area contributed by atoms with Crippen molar-refractivity contribution in [3.8, 4) is 17.2 Å². The predicted octanol–water partition coefficient (Wildman–Crippen LogP) is 3.70. The molecule has 0 saturated heterocycles. The van der Waals surface area contributed by atoms with Crippen LogP contribution >= 0.6 is 11.7 Å². The lowest BCUT2D eigenvalue weighted by molar-refractivity contribution is 0.172. The van der Waals surface area contributed by atoms with Gasteiger partial charge in [-0.3, -0.25) is 4.79 Å². The number of sulfonamides is 1. The molecule has 0 unspecified atom stereocenters. The molecule has 10 nitrogen and oxygen atoms in total. The van der Waals surface area contributed by atoms with E-state index in [-0.39, 0.29) is 23.5 Å². The second-order valence-corrected chi connectivity index (χ2v) is 11.2. The summed E-state index contributed by atoms with van der Waals surface area (Å²) in [5, 5.41) is 0.705. The van der Waals surface area contributed by atoms with Gasteiger partial charge in [0.25, 0.3) is 5.56 Å². The first-order chi connectivity index (χ1) is 18.4. The van der Waals surface area contributed by atoms with Gasteiger partial charge in [0.2, 0.25) is 10.0 Å². The predicted molar refractivity (Wildman–Crippen MR) is 142 cm³/mol. The van der Waals surface area contributed by atoms with Gasteiger partial charge in [-0.2, -0.15) is 13.1 Å². The lowest BCUT2D eigenvalue weighted by atomic mass is 10.1. The van der Waals surface area contributed by atoms with E-state index in [4.69, 9.17) is 14.2 Å².